The number of hydrogen-bond donors (Lipinski definition) is 1. The van der Waals surface area contributed by atoms with Crippen LogP contribution in [0.3, 0.4) is 0 Å². The number of rotatable bonds is 3. The van der Waals surface area contributed by atoms with Crippen molar-refractivity contribution < 1.29 is 19.1 Å². The molecule has 1 N–H and O–H groups in total. The highest BCUT2D eigenvalue weighted by atomic mass is 16.6. The highest BCUT2D eigenvalue weighted by Crippen LogP contribution is 2.35. The standard InChI is InChI=1S/C20H27N3O4/c1-22(15-5-3-2-4-6-15)20(25)21-14-11-19(24)23(13-14)16-7-8-17-18(12-16)27-10-9-26-17/h7-8,12,14-15H,2-6,9-11,13H2,1H3,(H,21,25). The Balaban J connectivity index is 1.38. The van der Waals surface area contributed by atoms with Gasteiger partial charge in [-0.3, -0.25) is 4.79 Å². The van der Waals surface area contributed by atoms with Crippen LogP contribution in [0.2, 0.25) is 0 Å². The highest BCUT2D eigenvalue weighted by molar-refractivity contribution is 5.97. The van der Waals surface area contributed by atoms with Crippen molar-refractivity contribution in [1.29, 1.82) is 0 Å². The lowest BCUT2D eigenvalue weighted by molar-refractivity contribution is -0.117. The van der Waals surface area contributed by atoms with Gasteiger partial charge in [0.1, 0.15) is 13.2 Å². The van der Waals surface area contributed by atoms with Gasteiger partial charge in [-0.15, -0.1) is 0 Å². The maximum Gasteiger partial charge on any atom is 0.317 e. The molecule has 3 aliphatic rings. The van der Waals surface area contributed by atoms with E-state index < -0.39 is 0 Å². The summed E-state index contributed by atoms with van der Waals surface area (Å²) >= 11 is 0. The summed E-state index contributed by atoms with van der Waals surface area (Å²) in [6.45, 7) is 1.52. The molecule has 2 aliphatic heterocycles. The van der Waals surface area contributed by atoms with Crippen LogP contribution in [-0.2, 0) is 4.79 Å². The SMILES string of the molecule is CN(C(=O)NC1CC(=O)N(c2ccc3c(c2)OCCO3)C1)C1CCCCC1. The second-order valence-electron chi connectivity index (χ2n) is 7.59. The number of ether oxygens (including phenoxy) is 2. The number of amides is 3. The Kier molecular flexibility index (Phi) is 5.09. The number of anilines is 1. The summed E-state index contributed by atoms with van der Waals surface area (Å²) in [5.41, 5.74) is 0.779. The van der Waals surface area contributed by atoms with Crippen LogP contribution in [-0.4, -0.2) is 55.7 Å². The Bertz CT molecular complexity index is 717. The fraction of sp³-hybridized carbons (Fsp3) is 0.600. The van der Waals surface area contributed by atoms with Crippen molar-refractivity contribution in [3.8, 4) is 11.5 Å². The van der Waals surface area contributed by atoms with Gasteiger partial charge in [0, 0.05) is 37.8 Å². The molecule has 1 unspecified atom stereocenters. The van der Waals surface area contributed by atoms with E-state index in [2.05, 4.69) is 5.32 Å². The van der Waals surface area contributed by atoms with Gasteiger partial charge in [-0.2, -0.15) is 0 Å². The first kappa shape index (κ1) is 17.9. The number of carbonyl (C=O) groups excluding carboxylic acids is 2. The van der Waals surface area contributed by atoms with Gasteiger partial charge in [0.2, 0.25) is 5.91 Å². The van der Waals surface area contributed by atoms with Crippen molar-refractivity contribution in [1.82, 2.24) is 10.2 Å². The van der Waals surface area contributed by atoms with Crippen LogP contribution < -0.4 is 19.7 Å². The Morgan fingerprint density at radius 1 is 1.15 bits per heavy atom. The number of urea groups is 1. The van der Waals surface area contributed by atoms with Crippen LogP contribution in [0.1, 0.15) is 38.5 Å². The second kappa shape index (κ2) is 7.66. The van der Waals surface area contributed by atoms with Crippen LogP contribution in [0.5, 0.6) is 11.5 Å². The van der Waals surface area contributed by atoms with E-state index in [4.69, 9.17) is 9.47 Å². The average Bonchev–Trinajstić information content (AvgIpc) is 3.07. The molecule has 7 heteroatoms. The van der Waals surface area contributed by atoms with Gasteiger partial charge >= 0.3 is 6.03 Å². The van der Waals surface area contributed by atoms with E-state index in [1.54, 1.807) is 4.90 Å². The number of hydrogen-bond acceptors (Lipinski definition) is 4. The molecular weight excluding hydrogens is 346 g/mol. The Hall–Kier alpha value is -2.44. The maximum absolute atomic E-state index is 12.6. The van der Waals surface area contributed by atoms with Gasteiger partial charge in [-0.25, -0.2) is 4.79 Å². The summed E-state index contributed by atoms with van der Waals surface area (Å²) in [7, 11) is 1.86. The molecule has 1 aromatic carbocycles. The van der Waals surface area contributed by atoms with Crippen LogP contribution in [0.4, 0.5) is 10.5 Å². The number of fused-ring (bicyclic) bond motifs is 1. The highest BCUT2D eigenvalue weighted by Gasteiger charge is 2.33. The molecule has 1 aromatic rings. The summed E-state index contributed by atoms with van der Waals surface area (Å²) < 4.78 is 11.1. The summed E-state index contributed by atoms with van der Waals surface area (Å²) in [5.74, 6) is 1.38. The van der Waals surface area contributed by atoms with Gasteiger partial charge in [-0.1, -0.05) is 19.3 Å². The number of benzene rings is 1. The largest absolute Gasteiger partial charge is 0.486 e. The Morgan fingerprint density at radius 3 is 2.67 bits per heavy atom. The van der Waals surface area contributed by atoms with Crippen molar-refractivity contribution in [2.45, 2.75) is 50.6 Å². The van der Waals surface area contributed by atoms with E-state index in [0.717, 1.165) is 18.5 Å². The normalized spacial score (nSPS) is 22.6. The average molecular weight is 373 g/mol. The van der Waals surface area contributed by atoms with E-state index in [1.165, 1.54) is 19.3 Å². The molecule has 2 heterocycles. The first-order valence-corrected chi connectivity index (χ1v) is 9.85. The third kappa shape index (κ3) is 3.82. The van der Waals surface area contributed by atoms with Crippen LogP contribution in [0, 0.1) is 0 Å². The zero-order chi connectivity index (χ0) is 18.8. The van der Waals surface area contributed by atoms with Crippen LogP contribution in [0.15, 0.2) is 18.2 Å². The summed E-state index contributed by atoms with van der Waals surface area (Å²) in [6.07, 6.45) is 6.07. The Morgan fingerprint density at radius 2 is 1.89 bits per heavy atom. The minimum absolute atomic E-state index is 0.0114. The van der Waals surface area contributed by atoms with Crippen molar-refractivity contribution in [3.05, 3.63) is 18.2 Å². The van der Waals surface area contributed by atoms with Gasteiger partial charge < -0.3 is 24.6 Å². The van der Waals surface area contributed by atoms with Gasteiger partial charge in [0.15, 0.2) is 11.5 Å². The molecule has 1 atom stereocenters. The number of carbonyl (C=O) groups is 2. The van der Waals surface area contributed by atoms with Gasteiger partial charge in [0.25, 0.3) is 0 Å². The smallest absolute Gasteiger partial charge is 0.317 e. The molecule has 0 radical (unpaired) electrons. The minimum Gasteiger partial charge on any atom is -0.486 e. The summed E-state index contributed by atoms with van der Waals surface area (Å²) in [4.78, 5) is 28.6. The van der Waals surface area contributed by atoms with Crippen molar-refractivity contribution in [2.24, 2.45) is 0 Å². The molecule has 3 amide bonds. The number of nitrogens with zero attached hydrogens (tertiary/aromatic N) is 2. The van der Waals surface area contributed by atoms with E-state index in [-0.39, 0.29) is 18.0 Å². The fourth-order valence-electron chi connectivity index (χ4n) is 4.16. The molecule has 0 spiro atoms. The predicted molar refractivity (Wildman–Crippen MR) is 101 cm³/mol. The molecular formula is C20H27N3O4. The fourth-order valence-corrected chi connectivity index (χ4v) is 4.16. The first-order valence-electron chi connectivity index (χ1n) is 9.85. The monoisotopic (exact) mass is 373 g/mol. The zero-order valence-corrected chi connectivity index (χ0v) is 15.8. The molecule has 0 aromatic heterocycles. The van der Waals surface area contributed by atoms with E-state index in [9.17, 15) is 9.59 Å². The molecule has 7 nitrogen and oxygen atoms in total. The third-order valence-corrected chi connectivity index (χ3v) is 5.73. The lowest BCUT2D eigenvalue weighted by Crippen LogP contribution is -2.48. The predicted octanol–water partition coefficient (Wildman–Crippen LogP) is 2.54. The molecule has 0 bridgehead atoms. The number of nitrogens with one attached hydrogen (secondary N) is 1. The second-order valence-corrected chi connectivity index (χ2v) is 7.59. The lowest BCUT2D eigenvalue weighted by atomic mass is 9.95. The zero-order valence-electron chi connectivity index (χ0n) is 15.8. The molecule has 27 heavy (non-hydrogen) atoms. The van der Waals surface area contributed by atoms with Crippen molar-refractivity contribution >= 4 is 17.6 Å². The quantitative estimate of drug-likeness (QED) is 0.884. The van der Waals surface area contributed by atoms with Crippen LogP contribution >= 0.6 is 0 Å². The van der Waals surface area contributed by atoms with Gasteiger partial charge in [0.05, 0.1) is 6.04 Å². The topological polar surface area (TPSA) is 71.1 Å². The lowest BCUT2D eigenvalue weighted by Gasteiger charge is -2.32. The first-order chi connectivity index (χ1) is 13.1. The molecule has 1 saturated carbocycles. The molecule has 4 rings (SSSR count). The maximum atomic E-state index is 12.6. The van der Waals surface area contributed by atoms with Crippen molar-refractivity contribution in [3.63, 3.8) is 0 Å². The third-order valence-electron chi connectivity index (χ3n) is 5.73. The summed E-state index contributed by atoms with van der Waals surface area (Å²) in [6, 6.07) is 5.59. The van der Waals surface area contributed by atoms with E-state index >= 15 is 0 Å². The van der Waals surface area contributed by atoms with Crippen molar-refractivity contribution in [2.75, 3.05) is 31.7 Å². The summed E-state index contributed by atoms with van der Waals surface area (Å²) in [5, 5.41) is 3.04. The Labute approximate surface area is 159 Å². The molecule has 1 saturated heterocycles. The minimum atomic E-state index is -0.177. The van der Waals surface area contributed by atoms with Gasteiger partial charge in [-0.05, 0) is 25.0 Å². The molecule has 1 aliphatic carbocycles. The van der Waals surface area contributed by atoms with Crippen LogP contribution in [0.25, 0.3) is 0 Å². The molecule has 146 valence electrons. The molecule has 2 fully saturated rings. The van der Waals surface area contributed by atoms with E-state index in [0.29, 0.717) is 43.7 Å². The van der Waals surface area contributed by atoms with E-state index in [1.807, 2.05) is 30.1 Å².